The van der Waals surface area contributed by atoms with E-state index in [9.17, 15) is 4.79 Å². The monoisotopic (exact) mass is 174 g/mol. The maximum absolute atomic E-state index is 11.4. The highest BCUT2D eigenvalue weighted by Crippen LogP contribution is 2.09. The third-order valence-electron chi connectivity index (χ3n) is 2.01. The van der Waals surface area contributed by atoms with Gasteiger partial charge in [-0.15, -0.1) is 6.58 Å². The molecule has 0 aromatic carbocycles. The van der Waals surface area contributed by atoms with Gasteiger partial charge in [0.05, 0.1) is 0 Å². The molecule has 0 aliphatic carbocycles. The number of aromatic nitrogens is 2. The number of hydrogen-bond acceptors (Lipinski definition) is 1. The highest BCUT2D eigenvalue weighted by molar-refractivity contribution is 5.78. The Morgan fingerprint density at radius 2 is 2.38 bits per heavy atom. The van der Waals surface area contributed by atoms with Crippen LogP contribution in [0.3, 0.4) is 0 Å². The molecule has 0 saturated heterocycles. The van der Waals surface area contributed by atoms with E-state index in [2.05, 4.69) is 11.6 Å². The van der Waals surface area contributed by atoms with Crippen molar-refractivity contribution in [2.75, 3.05) is 0 Å². The average molecular weight is 174 g/mol. The quantitative estimate of drug-likeness (QED) is 0.688. The third-order valence-corrected chi connectivity index (χ3v) is 2.01. The van der Waals surface area contributed by atoms with Crippen molar-refractivity contribution in [3.63, 3.8) is 0 Å². The highest BCUT2D eigenvalue weighted by atomic mass is 16.1. The van der Waals surface area contributed by atoms with E-state index in [1.165, 1.54) is 0 Å². The minimum Gasteiger partial charge on any atom is -0.339 e. The summed E-state index contributed by atoms with van der Waals surface area (Å²) in [7, 11) is 0. The van der Waals surface area contributed by atoms with Crippen molar-refractivity contribution in [1.82, 2.24) is 9.55 Å². The lowest BCUT2D eigenvalue weighted by molar-refractivity contribution is 0.859. The van der Waals surface area contributed by atoms with Crippen molar-refractivity contribution in [3.05, 3.63) is 47.5 Å². The predicted molar refractivity (Wildman–Crippen MR) is 52.8 cm³/mol. The minimum absolute atomic E-state index is 0.0515. The van der Waals surface area contributed by atoms with E-state index in [4.69, 9.17) is 0 Å². The van der Waals surface area contributed by atoms with Crippen molar-refractivity contribution >= 4 is 10.9 Å². The summed E-state index contributed by atoms with van der Waals surface area (Å²) in [5, 5.41) is 0.964. The zero-order chi connectivity index (χ0) is 9.26. The zero-order valence-corrected chi connectivity index (χ0v) is 7.16. The number of hydrogen-bond donors (Lipinski definition) is 1. The Morgan fingerprint density at radius 3 is 3.15 bits per heavy atom. The van der Waals surface area contributed by atoms with Gasteiger partial charge in [0, 0.05) is 24.3 Å². The van der Waals surface area contributed by atoms with Crippen LogP contribution >= 0.6 is 0 Å². The van der Waals surface area contributed by atoms with Crippen LogP contribution in [0.25, 0.3) is 10.9 Å². The number of allylic oxidation sites excluding steroid dienone is 1. The lowest BCUT2D eigenvalue weighted by Crippen LogP contribution is -2.09. The number of nitrogens with zero attached hydrogens (tertiary/aromatic N) is 1. The molecular weight excluding hydrogens is 164 g/mol. The highest BCUT2D eigenvalue weighted by Gasteiger charge is 2.01. The molecule has 2 heterocycles. The van der Waals surface area contributed by atoms with Crippen molar-refractivity contribution < 1.29 is 0 Å². The van der Waals surface area contributed by atoms with Crippen LogP contribution in [0.15, 0.2) is 42.0 Å². The first-order chi connectivity index (χ1) is 6.33. The topological polar surface area (TPSA) is 37.8 Å². The van der Waals surface area contributed by atoms with Gasteiger partial charge in [-0.1, -0.05) is 6.08 Å². The predicted octanol–water partition coefficient (Wildman–Crippen LogP) is 1.52. The second kappa shape index (κ2) is 2.94. The molecule has 1 N–H and O–H groups in total. The summed E-state index contributed by atoms with van der Waals surface area (Å²) in [5.74, 6) is 0. The summed E-state index contributed by atoms with van der Waals surface area (Å²) in [5.41, 5.74) is 0.659. The molecule has 0 aliphatic rings. The Kier molecular flexibility index (Phi) is 1.77. The molecule has 0 spiro atoms. The van der Waals surface area contributed by atoms with Gasteiger partial charge in [0.15, 0.2) is 0 Å². The van der Waals surface area contributed by atoms with Crippen LogP contribution in [0, 0.1) is 0 Å². The molecule has 0 amide bonds. The van der Waals surface area contributed by atoms with Crippen LogP contribution in [0.1, 0.15) is 0 Å². The lowest BCUT2D eigenvalue weighted by atomic mass is 10.3. The molecule has 66 valence electrons. The minimum atomic E-state index is -0.0515. The number of H-pyrrole nitrogens is 1. The normalized spacial score (nSPS) is 10.5. The van der Waals surface area contributed by atoms with Gasteiger partial charge < -0.3 is 9.55 Å². The Hall–Kier alpha value is -1.77. The van der Waals surface area contributed by atoms with Crippen LogP contribution in [0.4, 0.5) is 0 Å². The summed E-state index contributed by atoms with van der Waals surface area (Å²) in [6.45, 7) is 4.30. The summed E-state index contributed by atoms with van der Waals surface area (Å²) >= 11 is 0. The molecule has 0 aliphatic heterocycles. The number of rotatable bonds is 2. The summed E-state index contributed by atoms with van der Waals surface area (Å²) in [6, 6.07) is 3.81. The van der Waals surface area contributed by atoms with Crippen LogP contribution in [0.5, 0.6) is 0 Å². The molecule has 13 heavy (non-hydrogen) atoms. The van der Waals surface area contributed by atoms with Crippen molar-refractivity contribution in [2.45, 2.75) is 6.54 Å². The number of nitrogens with one attached hydrogen (secondary N) is 1. The summed E-state index contributed by atoms with van der Waals surface area (Å²) < 4.78 is 1.88. The molecule has 0 atom stereocenters. The van der Waals surface area contributed by atoms with Gasteiger partial charge in [0.1, 0.15) is 5.52 Å². The van der Waals surface area contributed by atoms with Crippen LogP contribution in [-0.2, 0) is 6.54 Å². The number of pyridine rings is 1. The summed E-state index contributed by atoms with van der Waals surface area (Å²) in [4.78, 5) is 14.1. The van der Waals surface area contributed by atoms with Crippen molar-refractivity contribution in [2.24, 2.45) is 0 Å². The van der Waals surface area contributed by atoms with Gasteiger partial charge in [-0.25, -0.2) is 0 Å². The van der Waals surface area contributed by atoms with Gasteiger partial charge in [-0.2, -0.15) is 0 Å². The Bertz CT molecular complexity index is 493. The molecule has 0 radical (unpaired) electrons. The van der Waals surface area contributed by atoms with Gasteiger partial charge in [0.2, 0.25) is 0 Å². The Balaban J connectivity index is 2.78. The molecule has 0 saturated carbocycles. The van der Waals surface area contributed by atoms with Crippen LogP contribution < -0.4 is 5.56 Å². The molecule has 2 aromatic heterocycles. The number of aromatic amines is 1. The summed E-state index contributed by atoms with van der Waals surface area (Å²) in [6.07, 6.45) is 5.32. The first-order valence-corrected chi connectivity index (χ1v) is 4.10. The fourth-order valence-electron chi connectivity index (χ4n) is 1.45. The van der Waals surface area contributed by atoms with Gasteiger partial charge in [0.25, 0.3) is 5.56 Å². The Labute approximate surface area is 75.3 Å². The maximum atomic E-state index is 11.4. The second-order valence-corrected chi connectivity index (χ2v) is 2.87. The van der Waals surface area contributed by atoms with Crippen LogP contribution in [-0.4, -0.2) is 9.55 Å². The van der Waals surface area contributed by atoms with Gasteiger partial charge in [-0.05, 0) is 12.1 Å². The van der Waals surface area contributed by atoms with E-state index >= 15 is 0 Å². The van der Waals surface area contributed by atoms with Crippen molar-refractivity contribution in [3.8, 4) is 0 Å². The smallest absolute Gasteiger partial charge is 0.272 e. The molecule has 0 bridgehead atoms. The maximum Gasteiger partial charge on any atom is 0.272 e. The third kappa shape index (κ3) is 1.18. The standard InChI is InChI=1S/C10H10N2O/c1-2-6-12-7-4-8-3-5-11-10(13)9(8)12/h2-5,7H,1,6H2,(H,11,13). The van der Waals surface area contributed by atoms with E-state index < -0.39 is 0 Å². The van der Waals surface area contributed by atoms with Crippen molar-refractivity contribution in [1.29, 1.82) is 0 Å². The van der Waals surface area contributed by atoms with Crippen LogP contribution in [0.2, 0.25) is 0 Å². The van der Waals surface area contributed by atoms with E-state index in [1.54, 1.807) is 12.3 Å². The lowest BCUT2D eigenvalue weighted by Gasteiger charge is -1.98. The molecule has 2 rings (SSSR count). The number of fused-ring (bicyclic) bond motifs is 1. The Morgan fingerprint density at radius 1 is 1.54 bits per heavy atom. The first-order valence-electron chi connectivity index (χ1n) is 4.10. The van der Waals surface area contributed by atoms with E-state index in [1.807, 2.05) is 22.9 Å². The molecule has 2 aromatic rings. The molecule has 0 fully saturated rings. The fraction of sp³-hybridized carbons (Fsp3) is 0.100. The van der Waals surface area contributed by atoms with E-state index in [0.29, 0.717) is 12.1 Å². The van der Waals surface area contributed by atoms with Gasteiger partial charge in [-0.3, -0.25) is 4.79 Å². The van der Waals surface area contributed by atoms with E-state index in [-0.39, 0.29) is 5.56 Å². The average Bonchev–Trinajstić information content (AvgIpc) is 2.51. The second-order valence-electron chi connectivity index (χ2n) is 2.87. The molecule has 3 nitrogen and oxygen atoms in total. The molecule has 3 heteroatoms. The fourth-order valence-corrected chi connectivity index (χ4v) is 1.45. The zero-order valence-electron chi connectivity index (χ0n) is 7.16. The SMILES string of the molecule is C=CCn1ccc2cc[nH]c(=O)c21. The largest absolute Gasteiger partial charge is 0.339 e. The van der Waals surface area contributed by atoms with Gasteiger partial charge >= 0.3 is 0 Å². The van der Waals surface area contributed by atoms with E-state index in [0.717, 1.165) is 5.39 Å². The molecular formula is C10H10N2O. The first kappa shape index (κ1) is 7.86. The molecule has 0 unspecified atom stereocenters.